The monoisotopic (exact) mass is 574 g/mol. The summed E-state index contributed by atoms with van der Waals surface area (Å²) in [4.78, 5) is 24.6. The van der Waals surface area contributed by atoms with Gasteiger partial charge < -0.3 is 58.9 Å². The highest BCUT2D eigenvalue weighted by atomic mass is 32.3. The van der Waals surface area contributed by atoms with Gasteiger partial charge in [0, 0.05) is 11.6 Å². The van der Waals surface area contributed by atoms with Gasteiger partial charge in [-0.3, -0.25) is 9.35 Å². The summed E-state index contributed by atoms with van der Waals surface area (Å²) in [5.41, 5.74) is -2.72. The van der Waals surface area contributed by atoms with Crippen LogP contribution in [0.25, 0.3) is 22.3 Å². The summed E-state index contributed by atoms with van der Waals surface area (Å²) >= 11 is 0. The number of hydrogen-bond acceptors (Lipinski definition) is 15. The molecule has 1 aliphatic heterocycles. The van der Waals surface area contributed by atoms with Crippen molar-refractivity contribution in [3.05, 3.63) is 34.5 Å². The maximum atomic E-state index is 13.2. The highest BCUT2D eigenvalue weighted by Crippen LogP contribution is 2.45. The Balaban J connectivity index is 1.98. The standard InChI is InChI=1S/C21H18O17S/c22-6-2-1-5(3-7(6)23)15-18(38-39(32,33)34)11(26)10-8(24)4-9(25)16(17(10)35-15)36-21-14(29)12(27)13(28)19(37-21)20(30)31/h1-4,12-14,19,21-25,27-29H,(H,30,31)(H,32,33,34)/t12-,13-,14+,19-,21+/m0/s1. The minimum absolute atomic E-state index is 0.352. The topological polar surface area (TPSA) is 291 Å². The molecule has 1 aliphatic rings. The van der Waals surface area contributed by atoms with Crippen LogP contribution < -0.4 is 14.3 Å². The molecule has 9 N–H and O–H groups in total. The summed E-state index contributed by atoms with van der Waals surface area (Å²) in [5.74, 6) is -8.26. The molecule has 2 aromatic carbocycles. The number of aromatic hydroxyl groups is 4. The van der Waals surface area contributed by atoms with E-state index in [1.54, 1.807) is 0 Å². The Morgan fingerprint density at radius 2 is 1.54 bits per heavy atom. The Labute approximate surface area is 215 Å². The van der Waals surface area contributed by atoms with E-state index in [2.05, 4.69) is 4.18 Å². The van der Waals surface area contributed by atoms with Gasteiger partial charge in [-0.25, -0.2) is 4.79 Å². The van der Waals surface area contributed by atoms with Gasteiger partial charge in [0.15, 0.2) is 34.7 Å². The molecule has 0 unspecified atom stereocenters. The molecule has 3 aromatic rings. The average molecular weight is 574 g/mol. The Hall–Kier alpha value is -4.33. The number of rotatable bonds is 6. The van der Waals surface area contributed by atoms with Crippen molar-refractivity contribution in [2.75, 3.05) is 0 Å². The summed E-state index contributed by atoms with van der Waals surface area (Å²) in [6, 6.07) is 3.19. The summed E-state index contributed by atoms with van der Waals surface area (Å²) in [5, 5.41) is 78.6. The normalized spacial score (nSPS) is 23.4. The Bertz CT molecular complexity index is 1630. The number of aliphatic hydroxyl groups is 3. The minimum Gasteiger partial charge on any atom is -0.507 e. The summed E-state index contributed by atoms with van der Waals surface area (Å²) < 4.78 is 52.2. The van der Waals surface area contributed by atoms with Crippen LogP contribution >= 0.6 is 0 Å². The second-order valence-corrected chi connectivity index (χ2v) is 9.13. The van der Waals surface area contributed by atoms with Crippen LogP contribution in [-0.4, -0.2) is 90.5 Å². The van der Waals surface area contributed by atoms with Crippen molar-refractivity contribution < 1.29 is 76.7 Å². The van der Waals surface area contributed by atoms with Crippen LogP contribution in [0, 0.1) is 0 Å². The smallest absolute Gasteiger partial charge is 0.446 e. The quantitative estimate of drug-likeness (QED) is 0.122. The van der Waals surface area contributed by atoms with E-state index >= 15 is 0 Å². The van der Waals surface area contributed by atoms with Crippen LogP contribution in [0.4, 0.5) is 0 Å². The Morgan fingerprint density at radius 3 is 2.13 bits per heavy atom. The lowest BCUT2D eigenvalue weighted by Crippen LogP contribution is -2.61. The molecule has 0 aliphatic carbocycles. The molecule has 0 bridgehead atoms. The predicted octanol–water partition coefficient (Wildman–Crippen LogP) is -1.27. The van der Waals surface area contributed by atoms with Gasteiger partial charge in [-0.05, 0) is 18.2 Å². The van der Waals surface area contributed by atoms with Crippen LogP contribution in [-0.2, 0) is 19.9 Å². The van der Waals surface area contributed by atoms with E-state index in [1.807, 2.05) is 0 Å². The van der Waals surface area contributed by atoms with E-state index in [0.717, 1.165) is 18.2 Å². The Kier molecular flexibility index (Phi) is 6.93. The lowest BCUT2D eigenvalue weighted by atomic mass is 9.99. The maximum absolute atomic E-state index is 13.2. The number of carbonyl (C=O) groups is 1. The predicted molar refractivity (Wildman–Crippen MR) is 122 cm³/mol. The van der Waals surface area contributed by atoms with Gasteiger partial charge in [0.05, 0.1) is 0 Å². The van der Waals surface area contributed by atoms with E-state index in [4.69, 9.17) is 13.9 Å². The van der Waals surface area contributed by atoms with Crippen LogP contribution in [0.15, 0.2) is 33.5 Å². The SMILES string of the molecule is O=C(O)[C@H]1O[C@@H](Oc2c(O)cc(O)c3c(=O)c(OS(=O)(=O)O)c(-c4ccc(O)c(O)c4)oc23)[C@H](O)[C@@H](O)[C@@H]1O. The van der Waals surface area contributed by atoms with Gasteiger partial charge in [-0.1, -0.05) is 0 Å². The van der Waals surface area contributed by atoms with E-state index in [0.29, 0.717) is 6.07 Å². The molecular weight excluding hydrogens is 556 g/mol. The molecule has 0 amide bonds. The van der Waals surface area contributed by atoms with Crippen molar-refractivity contribution >= 4 is 27.3 Å². The fraction of sp³-hybridized carbons (Fsp3) is 0.238. The molecule has 1 aromatic heterocycles. The van der Waals surface area contributed by atoms with E-state index in [9.17, 15) is 63.4 Å². The zero-order chi connectivity index (χ0) is 29.0. The molecular formula is C21H18O17S. The third-order valence-electron chi connectivity index (χ3n) is 5.51. The highest BCUT2D eigenvalue weighted by Gasteiger charge is 2.48. The number of aliphatic hydroxyl groups excluding tert-OH is 3. The molecule has 39 heavy (non-hydrogen) atoms. The van der Waals surface area contributed by atoms with Gasteiger partial charge in [-0.2, -0.15) is 8.42 Å². The maximum Gasteiger partial charge on any atom is 0.446 e. The largest absolute Gasteiger partial charge is 0.507 e. The first kappa shape index (κ1) is 27.7. The first-order valence-electron chi connectivity index (χ1n) is 10.4. The van der Waals surface area contributed by atoms with E-state index in [-0.39, 0.29) is 5.56 Å². The van der Waals surface area contributed by atoms with Crippen molar-refractivity contribution in [2.24, 2.45) is 0 Å². The van der Waals surface area contributed by atoms with Crippen molar-refractivity contribution in [1.29, 1.82) is 0 Å². The number of hydrogen-bond donors (Lipinski definition) is 9. The third-order valence-corrected chi connectivity index (χ3v) is 5.89. The fourth-order valence-corrected chi connectivity index (χ4v) is 4.07. The lowest BCUT2D eigenvalue weighted by Gasteiger charge is -2.38. The molecule has 17 nitrogen and oxygen atoms in total. The number of fused-ring (bicyclic) bond motifs is 1. The van der Waals surface area contributed by atoms with Crippen LogP contribution in [0.5, 0.6) is 34.5 Å². The van der Waals surface area contributed by atoms with Crippen molar-refractivity contribution in [3.8, 4) is 45.8 Å². The molecule has 210 valence electrons. The summed E-state index contributed by atoms with van der Waals surface area (Å²) in [6.07, 6.45) is -10.6. The van der Waals surface area contributed by atoms with Crippen molar-refractivity contribution in [2.45, 2.75) is 30.7 Å². The number of benzene rings is 2. The van der Waals surface area contributed by atoms with Gasteiger partial charge >= 0.3 is 16.4 Å². The van der Waals surface area contributed by atoms with Crippen LogP contribution in [0.2, 0.25) is 0 Å². The summed E-state index contributed by atoms with van der Waals surface area (Å²) in [7, 11) is -5.40. The summed E-state index contributed by atoms with van der Waals surface area (Å²) in [6.45, 7) is 0. The number of carboxylic acid groups (broad SMARTS) is 1. The number of aliphatic carboxylic acids is 1. The molecule has 4 rings (SSSR count). The first-order chi connectivity index (χ1) is 18.1. The van der Waals surface area contributed by atoms with E-state index < -0.39 is 104 Å². The van der Waals surface area contributed by atoms with E-state index in [1.165, 1.54) is 0 Å². The van der Waals surface area contributed by atoms with Gasteiger partial charge in [-0.15, -0.1) is 0 Å². The number of phenolic OH excluding ortho intramolecular Hbond substituents is 4. The number of carboxylic acids is 1. The average Bonchev–Trinajstić information content (AvgIpc) is 2.83. The number of ether oxygens (including phenoxy) is 2. The molecule has 0 saturated carbocycles. The zero-order valence-electron chi connectivity index (χ0n) is 18.9. The van der Waals surface area contributed by atoms with Gasteiger partial charge in [0.25, 0.3) is 0 Å². The molecule has 1 fully saturated rings. The minimum atomic E-state index is -5.40. The van der Waals surface area contributed by atoms with Gasteiger partial charge in [0.1, 0.15) is 29.4 Å². The van der Waals surface area contributed by atoms with Gasteiger partial charge in [0.2, 0.25) is 23.2 Å². The Morgan fingerprint density at radius 1 is 0.872 bits per heavy atom. The first-order valence-corrected chi connectivity index (χ1v) is 11.8. The number of phenols is 4. The third kappa shape index (κ3) is 5.06. The molecule has 0 radical (unpaired) electrons. The molecule has 0 spiro atoms. The molecule has 5 atom stereocenters. The molecule has 2 heterocycles. The lowest BCUT2D eigenvalue weighted by molar-refractivity contribution is -0.271. The second-order valence-electron chi connectivity index (χ2n) is 8.10. The zero-order valence-corrected chi connectivity index (χ0v) is 19.7. The molecule has 18 heteroatoms. The van der Waals surface area contributed by atoms with Crippen LogP contribution in [0.3, 0.4) is 0 Å². The fourth-order valence-electron chi connectivity index (χ4n) is 3.71. The second kappa shape index (κ2) is 9.76. The van der Waals surface area contributed by atoms with Crippen LogP contribution in [0.1, 0.15) is 0 Å². The highest BCUT2D eigenvalue weighted by molar-refractivity contribution is 7.81. The van der Waals surface area contributed by atoms with Crippen molar-refractivity contribution in [1.82, 2.24) is 0 Å². The van der Waals surface area contributed by atoms with Crippen molar-refractivity contribution in [3.63, 3.8) is 0 Å². The molecule has 1 saturated heterocycles.